The van der Waals surface area contributed by atoms with E-state index in [2.05, 4.69) is 17.2 Å². The Balaban J connectivity index is 1.88. The van der Waals surface area contributed by atoms with Crippen LogP contribution in [0.3, 0.4) is 0 Å². The van der Waals surface area contributed by atoms with Gasteiger partial charge >= 0.3 is 6.18 Å². The minimum absolute atomic E-state index is 0.195. The molecular weight excluding hydrogens is 472 g/mol. The monoisotopic (exact) mass is 498 g/mol. The van der Waals surface area contributed by atoms with Crippen molar-refractivity contribution in [2.24, 2.45) is 0 Å². The lowest BCUT2D eigenvalue weighted by Gasteiger charge is -2.18. The largest absolute Gasteiger partial charge is 0.415 e. The van der Waals surface area contributed by atoms with E-state index in [0.29, 0.717) is 23.7 Å². The number of methoxy groups -OCH3 is 1. The molecule has 2 N–H and O–H groups in total. The van der Waals surface area contributed by atoms with Crippen LogP contribution in [0.4, 0.5) is 28.9 Å². The second-order valence-electron chi connectivity index (χ2n) is 7.98. The van der Waals surface area contributed by atoms with E-state index in [-0.39, 0.29) is 5.69 Å². The standard InChI is InChI=1S/C28H26F4N2O2/c1-4-19-9-8-12-22(16-19)33-25(15-18(2)28(30,31)32)27(35)34-24-14-13-21(17-23(24)29)26(36-3)20-10-6-5-7-11-20/h5-17,26,33H,2,4H2,1,3H3,(H,34,35)/b25-15-. The number of amides is 1. The Hall–Kier alpha value is -3.91. The topological polar surface area (TPSA) is 50.4 Å². The third kappa shape index (κ3) is 6.82. The molecule has 0 spiro atoms. The summed E-state index contributed by atoms with van der Waals surface area (Å²) in [6, 6.07) is 20.2. The van der Waals surface area contributed by atoms with Gasteiger partial charge in [-0.15, -0.1) is 0 Å². The molecule has 0 aliphatic carbocycles. The average Bonchev–Trinajstić information content (AvgIpc) is 2.85. The maximum atomic E-state index is 15.0. The Kier molecular flexibility index (Phi) is 8.66. The number of alkyl halides is 3. The molecule has 0 heterocycles. The number of hydrogen-bond donors (Lipinski definition) is 2. The van der Waals surface area contributed by atoms with Gasteiger partial charge in [0.1, 0.15) is 17.6 Å². The molecule has 36 heavy (non-hydrogen) atoms. The Morgan fingerprint density at radius 1 is 1.00 bits per heavy atom. The van der Waals surface area contributed by atoms with E-state index in [1.807, 2.05) is 43.3 Å². The van der Waals surface area contributed by atoms with Crippen LogP contribution >= 0.6 is 0 Å². The number of anilines is 2. The van der Waals surface area contributed by atoms with Crippen molar-refractivity contribution in [1.82, 2.24) is 0 Å². The zero-order valence-corrected chi connectivity index (χ0v) is 19.8. The smallest absolute Gasteiger partial charge is 0.372 e. The van der Waals surface area contributed by atoms with Crippen LogP contribution in [0.2, 0.25) is 0 Å². The van der Waals surface area contributed by atoms with Crippen molar-refractivity contribution in [1.29, 1.82) is 0 Å². The number of carbonyl (C=O) groups is 1. The molecule has 1 atom stereocenters. The van der Waals surface area contributed by atoms with Crippen LogP contribution in [0.25, 0.3) is 0 Å². The molecule has 188 valence electrons. The normalized spacial score (nSPS) is 12.7. The lowest BCUT2D eigenvalue weighted by Crippen LogP contribution is -2.22. The van der Waals surface area contributed by atoms with Crippen molar-refractivity contribution in [3.05, 3.63) is 119 Å². The number of halogens is 4. The molecule has 1 unspecified atom stereocenters. The van der Waals surface area contributed by atoms with Gasteiger partial charge in [0.2, 0.25) is 0 Å². The summed E-state index contributed by atoms with van der Waals surface area (Å²) in [6.45, 7) is 4.93. The van der Waals surface area contributed by atoms with Crippen LogP contribution in [-0.2, 0) is 16.0 Å². The fourth-order valence-electron chi connectivity index (χ4n) is 3.52. The fourth-order valence-corrected chi connectivity index (χ4v) is 3.52. The number of ether oxygens (including phenoxy) is 1. The van der Waals surface area contributed by atoms with E-state index >= 15 is 0 Å². The van der Waals surface area contributed by atoms with Crippen molar-refractivity contribution in [3.8, 4) is 0 Å². The van der Waals surface area contributed by atoms with Gasteiger partial charge in [0.05, 0.1) is 11.3 Å². The van der Waals surface area contributed by atoms with Gasteiger partial charge in [-0.1, -0.05) is 62.0 Å². The maximum Gasteiger partial charge on any atom is 0.415 e. The highest BCUT2D eigenvalue weighted by Gasteiger charge is 2.31. The van der Waals surface area contributed by atoms with Gasteiger partial charge in [0.15, 0.2) is 0 Å². The first kappa shape index (κ1) is 26.7. The Labute approximate surface area is 207 Å². The molecule has 0 aliphatic heterocycles. The number of allylic oxidation sites excluding steroid dienone is 2. The van der Waals surface area contributed by atoms with Crippen molar-refractivity contribution in [3.63, 3.8) is 0 Å². The Bertz CT molecular complexity index is 1250. The van der Waals surface area contributed by atoms with Crippen molar-refractivity contribution < 1.29 is 27.1 Å². The summed E-state index contributed by atoms with van der Waals surface area (Å²) < 4.78 is 59.9. The maximum absolute atomic E-state index is 15.0. The first-order chi connectivity index (χ1) is 17.1. The van der Waals surface area contributed by atoms with E-state index in [1.54, 1.807) is 24.3 Å². The quantitative estimate of drug-likeness (QED) is 0.187. The third-order valence-corrected chi connectivity index (χ3v) is 5.42. The number of hydrogen-bond acceptors (Lipinski definition) is 3. The van der Waals surface area contributed by atoms with Gasteiger partial charge in [0.25, 0.3) is 5.91 Å². The van der Waals surface area contributed by atoms with Crippen molar-refractivity contribution >= 4 is 17.3 Å². The highest BCUT2D eigenvalue weighted by Crippen LogP contribution is 2.29. The summed E-state index contributed by atoms with van der Waals surface area (Å²) in [5.41, 5.74) is 0.788. The molecule has 0 aliphatic rings. The van der Waals surface area contributed by atoms with Crippen LogP contribution in [0.1, 0.15) is 29.7 Å². The second-order valence-corrected chi connectivity index (χ2v) is 7.98. The molecule has 8 heteroatoms. The second kappa shape index (κ2) is 11.7. The third-order valence-electron chi connectivity index (χ3n) is 5.42. The molecule has 4 nitrogen and oxygen atoms in total. The van der Waals surface area contributed by atoms with Gasteiger partial charge in [-0.25, -0.2) is 4.39 Å². The minimum atomic E-state index is -4.74. The van der Waals surface area contributed by atoms with Gasteiger partial charge in [-0.2, -0.15) is 13.2 Å². The van der Waals surface area contributed by atoms with E-state index in [4.69, 9.17) is 4.74 Å². The van der Waals surface area contributed by atoms with Crippen LogP contribution in [-0.4, -0.2) is 19.2 Å². The first-order valence-corrected chi connectivity index (χ1v) is 11.1. The van der Waals surface area contributed by atoms with Gasteiger partial charge in [0, 0.05) is 12.8 Å². The van der Waals surface area contributed by atoms with Crippen LogP contribution in [0, 0.1) is 5.82 Å². The molecule has 0 aromatic heterocycles. The zero-order valence-electron chi connectivity index (χ0n) is 19.8. The summed E-state index contributed by atoms with van der Waals surface area (Å²) in [5.74, 6) is -1.72. The molecule has 3 aromatic carbocycles. The van der Waals surface area contributed by atoms with Gasteiger partial charge < -0.3 is 15.4 Å². The molecule has 0 fully saturated rings. The number of aryl methyl sites for hydroxylation is 1. The SMILES string of the molecule is C=C(/C=C(\Nc1cccc(CC)c1)C(=O)Nc1ccc(C(OC)c2ccccc2)cc1F)C(F)(F)F. The summed E-state index contributed by atoms with van der Waals surface area (Å²) in [5, 5.41) is 5.05. The Morgan fingerprint density at radius 2 is 1.72 bits per heavy atom. The zero-order chi connectivity index (χ0) is 26.3. The number of carbonyl (C=O) groups excluding carboxylic acids is 1. The molecule has 3 aromatic rings. The lowest BCUT2D eigenvalue weighted by molar-refractivity contribution is -0.112. The van der Waals surface area contributed by atoms with Crippen molar-refractivity contribution in [2.45, 2.75) is 25.6 Å². The summed E-state index contributed by atoms with van der Waals surface area (Å²) in [6.07, 6.45) is -3.99. The summed E-state index contributed by atoms with van der Waals surface area (Å²) in [4.78, 5) is 12.9. The van der Waals surface area contributed by atoms with Gasteiger partial charge in [-0.05, 0) is 53.5 Å². The highest BCUT2D eigenvalue weighted by molar-refractivity contribution is 6.06. The minimum Gasteiger partial charge on any atom is -0.372 e. The first-order valence-electron chi connectivity index (χ1n) is 11.1. The van der Waals surface area contributed by atoms with Gasteiger partial charge in [-0.3, -0.25) is 4.79 Å². The van der Waals surface area contributed by atoms with Crippen molar-refractivity contribution in [2.75, 3.05) is 17.7 Å². The van der Waals surface area contributed by atoms with E-state index in [1.165, 1.54) is 19.2 Å². The number of nitrogens with one attached hydrogen (secondary N) is 2. The van der Waals surface area contributed by atoms with Crippen LogP contribution < -0.4 is 10.6 Å². The summed E-state index contributed by atoms with van der Waals surface area (Å²) >= 11 is 0. The van der Waals surface area contributed by atoms with Crippen LogP contribution in [0.15, 0.2) is 96.7 Å². The Morgan fingerprint density at radius 3 is 2.33 bits per heavy atom. The number of benzene rings is 3. The number of rotatable bonds is 9. The lowest BCUT2D eigenvalue weighted by atomic mass is 10.0. The molecule has 0 saturated heterocycles. The van der Waals surface area contributed by atoms with E-state index < -0.39 is 35.3 Å². The predicted molar refractivity (Wildman–Crippen MR) is 133 cm³/mol. The average molecular weight is 499 g/mol. The van der Waals surface area contributed by atoms with E-state index in [9.17, 15) is 22.4 Å². The molecule has 0 bridgehead atoms. The molecule has 0 saturated carbocycles. The van der Waals surface area contributed by atoms with E-state index in [0.717, 1.165) is 11.1 Å². The highest BCUT2D eigenvalue weighted by atomic mass is 19.4. The summed E-state index contributed by atoms with van der Waals surface area (Å²) in [7, 11) is 1.50. The van der Waals surface area contributed by atoms with Crippen LogP contribution in [0.5, 0.6) is 0 Å². The molecule has 3 rings (SSSR count). The molecule has 1 amide bonds. The fraction of sp³-hybridized carbons (Fsp3) is 0.179. The molecular formula is C28H26F4N2O2. The molecule has 0 radical (unpaired) electrons. The predicted octanol–water partition coefficient (Wildman–Crippen LogP) is 7.18.